The molecular weight excluding hydrogens is 218 g/mol. The SMILES string of the molecule is CC[n+]1sc2cc(OC)ccc2c1Cl. The van der Waals surface area contributed by atoms with Gasteiger partial charge in [-0.25, -0.2) is 0 Å². The van der Waals surface area contributed by atoms with Crippen molar-refractivity contribution < 1.29 is 8.69 Å². The van der Waals surface area contributed by atoms with E-state index in [9.17, 15) is 0 Å². The molecule has 0 atom stereocenters. The maximum absolute atomic E-state index is 6.19. The van der Waals surface area contributed by atoms with Crippen LogP contribution in [0.1, 0.15) is 6.92 Å². The topological polar surface area (TPSA) is 13.1 Å². The largest absolute Gasteiger partial charge is 0.497 e. The van der Waals surface area contributed by atoms with E-state index in [1.165, 1.54) is 0 Å². The monoisotopic (exact) mass is 228 g/mol. The minimum atomic E-state index is 0.815. The first kappa shape index (κ1) is 9.74. The second-order valence-corrected chi connectivity index (χ2v) is 4.36. The molecule has 2 rings (SSSR count). The molecule has 0 radical (unpaired) electrons. The highest BCUT2D eigenvalue weighted by Crippen LogP contribution is 2.28. The Labute approximate surface area is 91.8 Å². The van der Waals surface area contributed by atoms with Crippen molar-refractivity contribution in [3.63, 3.8) is 0 Å². The smallest absolute Gasteiger partial charge is 0.297 e. The molecule has 0 spiro atoms. The molecule has 0 aliphatic rings. The fourth-order valence-corrected chi connectivity index (χ4v) is 2.79. The molecule has 1 aromatic carbocycles. The Balaban J connectivity index is 2.66. The number of ether oxygens (including phenoxy) is 1. The number of halogens is 1. The molecule has 0 unspecified atom stereocenters. The summed E-state index contributed by atoms with van der Waals surface area (Å²) in [6.07, 6.45) is 0. The quantitative estimate of drug-likeness (QED) is 0.721. The third kappa shape index (κ3) is 1.47. The number of hydrogen-bond acceptors (Lipinski definition) is 2. The lowest BCUT2D eigenvalue weighted by Gasteiger charge is -1.95. The first-order chi connectivity index (χ1) is 6.76. The van der Waals surface area contributed by atoms with Crippen molar-refractivity contribution in [2.24, 2.45) is 0 Å². The molecule has 0 aliphatic heterocycles. The van der Waals surface area contributed by atoms with E-state index in [4.69, 9.17) is 16.3 Å². The van der Waals surface area contributed by atoms with E-state index in [-0.39, 0.29) is 0 Å². The summed E-state index contributed by atoms with van der Waals surface area (Å²) < 4.78 is 8.38. The summed E-state index contributed by atoms with van der Waals surface area (Å²) >= 11 is 7.84. The number of rotatable bonds is 2. The Morgan fingerprint density at radius 2 is 2.29 bits per heavy atom. The van der Waals surface area contributed by atoms with Gasteiger partial charge >= 0.3 is 0 Å². The summed E-state index contributed by atoms with van der Waals surface area (Å²) in [6, 6.07) is 5.94. The fourth-order valence-electron chi connectivity index (χ4n) is 1.37. The summed E-state index contributed by atoms with van der Waals surface area (Å²) in [5, 5.41) is 1.91. The molecule has 1 heterocycles. The van der Waals surface area contributed by atoms with E-state index >= 15 is 0 Å². The van der Waals surface area contributed by atoms with Gasteiger partial charge in [-0.3, -0.25) is 0 Å². The molecule has 0 N–H and O–H groups in total. The third-order valence-corrected chi connectivity index (χ3v) is 3.83. The number of aromatic nitrogens is 1. The van der Waals surface area contributed by atoms with Crippen molar-refractivity contribution in [2.75, 3.05) is 7.11 Å². The minimum Gasteiger partial charge on any atom is -0.497 e. The maximum atomic E-state index is 6.19. The average molecular weight is 229 g/mol. The molecule has 74 valence electrons. The average Bonchev–Trinajstić information content (AvgIpc) is 2.55. The molecule has 0 saturated carbocycles. The van der Waals surface area contributed by atoms with Crippen LogP contribution in [0.25, 0.3) is 10.1 Å². The van der Waals surface area contributed by atoms with Crippen molar-refractivity contribution in [2.45, 2.75) is 13.5 Å². The lowest BCUT2D eigenvalue weighted by molar-refractivity contribution is -0.621. The van der Waals surface area contributed by atoms with E-state index < -0.39 is 0 Å². The molecule has 0 aliphatic carbocycles. The predicted molar refractivity (Wildman–Crippen MR) is 59.3 cm³/mol. The highest BCUT2D eigenvalue weighted by atomic mass is 35.5. The second-order valence-electron chi connectivity index (χ2n) is 2.94. The number of aryl methyl sites for hydroxylation is 1. The third-order valence-electron chi connectivity index (χ3n) is 2.13. The lowest BCUT2D eigenvalue weighted by atomic mass is 10.3. The van der Waals surface area contributed by atoms with Crippen LogP contribution in [0.2, 0.25) is 5.15 Å². The first-order valence-corrected chi connectivity index (χ1v) is 5.57. The standard InChI is InChI=1S/C10H11ClNOS/c1-3-12-10(11)8-5-4-7(13-2)6-9(8)14-12/h4-6H,3H2,1-2H3/q+1. The van der Waals surface area contributed by atoms with Gasteiger partial charge in [0.15, 0.2) is 6.54 Å². The molecule has 0 bridgehead atoms. The highest BCUT2D eigenvalue weighted by molar-refractivity contribution is 7.10. The van der Waals surface area contributed by atoms with Gasteiger partial charge in [-0.15, -0.1) is 3.96 Å². The van der Waals surface area contributed by atoms with Crippen LogP contribution in [0, 0.1) is 0 Å². The highest BCUT2D eigenvalue weighted by Gasteiger charge is 2.17. The van der Waals surface area contributed by atoms with Crippen LogP contribution in [-0.4, -0.2) is 7.11 Å². The molecular formula is C10H11ClNOS+. The molecule has 14 heavy (non-hydrogen) atoms. The van der Waals surface area contributed by atoms with Gasteiger partial charge in [0.1, 0.15) is 22.0 Å². The van der Waals surface area contributed by atoms with Gasteiger partial charge in [0.2, 0.25) is 0 Å². The van der Waals surface area contributed by atoms with Crippen molar-refractivity contribution in [3.8, 4) is 5.75 Å². The summed E-state index contributed by atoms with van der Waals surface area (Å²) in [5.74, 6) is 0.874. The van der Waals surface area contributed by atoms with Crippen LogP contribution in [0.3, 0.4) is 0 Å². The summed E-state index contributed by atoms with van der Waals surface area (Å²) in [6.45, 7) is 2.99. The number of benzene rings is 1. The van der Waals surface area contributed by atoms with Crippen molar-refractivity contribution in [3.05, 3.63) is 23.4 Å². The van der Waals surface area contributed by atoms with Gasteiger partial charge in [0.05, 0.1) is 12.5 Å². The van der Waals surface area contributed by atoms with E-state index in [1.54, 1.807) is 18.6 Å². The molecule has 0 amide bonds. The maximum Gasteiger partial charge on any atom is 0.297 e. The number of methoxy groups -OCH3 is 1. The summed E-state index contributed by atoms with van der Waals surface area (Å²) in [5.41, 5.74) is 0. The number of hydrogen-bond donors (Lipinski definition) is 0. The van der Waals surface area contributed by atoms with Crippen LogP contribution < -0.4 is 8.69 Å². The minimum absolute atomic E-state index is 0.815. The molecule has 0 saturated heterocycles. The molecule has 2 nitrogen and oxygen atoms in total. The Hall–Kier alpha value is -0.800. The predicted octanol–water partition coefficient (Wildman–Crippen LogP) is 2.87. The first-order valence-electron chi connectivity index (χ1n) is 4.42. The Bertz CT molecular complexity index is 466. The van der Waals surface area contributed by atoms with Crippen LogP contribution in [-0.2, 0) is 6.54 Å². The Kier molecular flexibility index (Phi) is 2.61. The normalized spacial score (nSPS) is 10.8. The number of fused-ring (bicyclic) bond motifs is 1. The fraction of sp³-hybridized carbons (Fsp3) is 0.300. The summed E-state index contributed by atoms with van der Waals surface area (Å²) in [4.78, 5) is 0. The van der Waals surface area contributed by atoms with Gasteiger partial charge in [-0.05, 0) is 30.7 Å². The van der Waals surface area contributed by atoms with Crippen molar-refractivity contribution >= 4 is 33.2 Å². The summed E-state index contributed by atoms with van der Waals surface area (Å²) in [7, 11) is 1.67. The van der Waals surface area contributed by atoms with Gasteiger partial charge in [0, 0.05) is 6.07 Å². The van der Waals surface area contributed by atoms with E-state index in [0.717, 1.165) is 27.5 Å². The van der Waals surface area contributed by atoms with Gasteiger partial charge in [0.25, 0.3) is 5.15 Å². The van der Waals surface area contributed by atoms with Gasteiger partial charge < -0.3 is 4.74 Å². The zero-order valence-electron chi connectivity index (χ0n) is 8.08. The number of nitrogens with zero attached hydrogens (tertiary/aromatic N) is 1. The zero-order chi connectivity index (χ0) is 10.1. The molecule has 2 aromatic rings. The zero-order valence-corrected chi connectivity index (χ0v) is 9.65. The Morgan fingerprint density at radius 1 is 1.50 bits per heavy atom. The van der Waals surface area contributed by atoms with Crippen LogP contribution in [0.15, 0.2) is 18.2 Å². The van der Waals surface area contributed by atoms with Gasteiger partial charge in [-0.2, -0.15) is 0 Å². The van der Waals surface area contributed by atoms with E-state index in [0.29, 0.717) is 0 Å². The van der Waals surface area contributed by atoms with Crippen LogP contribution in [0.4, 0.5) is 0 Å². The lowest BCUT2D eigenvalue weighted by Crippen LogP contribution is -2.27. The Morgan fingerprint density at radius 3 is 2.93 bits per heavy atom. The molecule has 4 heteroatoms. The van der Waals surface area contributed by atoms with E-state index in [1.807, 2.05) is 18.2 Å². The van der Waals surface area contributed by atoms with Crippen LogP contribution in [0.5, 0.6) is 5.75 Å². The molecule has 1 aromatic heterocycles. The van der Waals surface area contributed by atoms with Gasteiger partial charge in [-0.1, -0.05) is 0 Å². The van der Waals surface area contributed by atoms with Crippen molar-refractivity contribution in [1.29, 1.82) is 0 Å². The second kappa shape index (κ2) is 3.75. The molecule has 0 fully saturated rings. The van der Waals surface area contributed by atoms with Crippen molar-refractivity contribution in [1.82, 2.24) is 0 Å². The van der Waals surface area contributed by atoms with Crippen LogP contribution >= 0.6 is 23.1 Å². The van der Waals surface area contributed by atoms with E-state index in [2.05, 4.69) is 10.9 Å².